The SMILES string of the molecule is Cc1ccccc1C(C)Oc1cc(-c2ccc(C(=O)N3CC(C)NC(C)C3)cc2)cnc1N. The van der Waals surface area contributed by atoms with Crippen LogP contribution in [0.2, 0.25) is 0 Å². The van der Waals surface area contributed by atoms with E-state index in [1.807, 2.05) is 54.3 Å². The zero-order valence-electron chi connectivity index (χ0n) is 19.7. The third-order valence-electron chi connectivity index (χ3n) is 6.12. The number of nitrogens with one attached hydrogen (secondary N) is 1. The smallest absolute Gasteiger partial charge is 0.253 e. The second kappa shape index (κ2) is 9.63. The number of hydrogen-bond acceptors (Lipinski definition) is 5. The fourth-order valence-electron chi connectivity index (χ4n) is 4.48. The number of amides is 1. The summed E-state index contributed by atoms with van der Waals surface area (Å²) in [5.74, 6) is 0.966. The van der Waals surface area contributed by atoms with Crippen LogP contribution in [0.4, 0.5) is 5.82 Å². The minimum atomic E-state index is -0.158. The van der Waals surface area contributed by atoms with Crippen molar-refractivity contribution < 1.29 is 9.53 Å². The average Bonchev–Trinajstić information content (AvgIpc) is 2.80. The van der Waals surface area contributed by atoms with Crippen LogP contribution in [0.5, 0.6) is 5.75 Å². The molecule has 3 N–H and O–H groups in total. The number of aryl methyl sites for hydroxylation is 1. The molecule has 3 unspecified atom stereocenters. The number of nitrogens with zero attached hydrogens (tertiary/aromatic N) is 2. The normalized spacial score (nSPS) is 19.2. The van der Waals surface area contributed by atoms with Crippen molar-refractivity contribution in [1.29, 1.82) is 0 Å². The van der Waals surface area contributed by atoms with Crippen LogP contribution in [0.15, 0.2) is 60.8 Å². The monoisotopic (exact) mass is 444 g/mol. The van der Waals surface area contributed by atoms with Crippen LogP contribution in [-0.2, 0) is 0 Å². The molecule has 0 radical (unpaired) electrons. The summed E-state index contributed by atoms with van der Waals surface area (Å²) >= 11 is 0. The molecule has 0 bridgehead atoms. The number of carbonyl (C=O) groups excluding carboxylic acids is 1. The van der Waals surface area contributed by atoms with Gasteiger partial charge in [-0.05, 0) is 62.6 Å². The number of carbonyl (C=O) groups is 1. The first-order valence-electron chi connectivity index (χ1n) is 11.4. The fraction of sp³-hybridized carbons (Fsp3) is 0.333. The van der Waals surface area contributed by atoms with Crippen LogP contribution >= 0.6 is 0 Å². The molecule has 0 saturated carbocycles. The summed E-state index contributed by atoms with van der Waals surface area (Å²) in [6.07, 6.45) is 1.58. The van der Waals surface area contributed by atoms with Crippen molar-refractivity contribution in [3.8, 4) is 16.9 Å². The first-order valence-corrected chi connectivity index (χ1v) is 11.4. The Hall–Kier alpha value is -3.38. The van der Waals surface area contributed by atoms with E-state index >= 15 is 0 Å². The Morgan fingerprint density at radius 1 is 1.09 bits per heavy atom. The number of anilines is 1. The molecule has 1 aromatic heterocycles. The van der Waals surface area contributed by atoms with Gasteiger partial charge >= 0.3 is 0 Å². The number of nitrogens with two attached hydrogens (primary N) is 1. The van der Waals surface area contributed by atoms with Gasteiger partial charge < -0.3 is 20.7 Å². The Labute approximate surface area is 195 Å². The maximum atomic E-state index is 13.0. The Kier molecular flexibility index (Phi) is 6.65. The van der Waals surface area contributed by atoms with Crippen molar-refractivity contribution >= 4 is 11.7 Å². The molecule has 2 aromatic carbocycles. The maximum Gasteiger partial charge on any atom is 0.253 e. The van der Waals surface area contributed by atoms with E-state index in [-0.39, 0.29) is 12.0 Å². The molecule has 1 saturated heterocycles. The lowest BCUT2D eigenvalue weighted by atomic mass is 10.0. The molecule has 1 amide bonds. The predicted octanol–water partition coefficient (Wildman–Crippen LogP) is 4.60. The lowest BCUT2D eigenvalue weighted by Gasteiger charge is -2.36. The quantitative estimate of drug-likeness (QED) is 0.601. The second-order valence-electron chi connectivity index (χ2n) is 8.98. The molecule has 172 valence electrons. The standard InChI is InChI=1S/C27H32N4O2/c1-17-7-5-6-8-24(17)20(4)33-25-13-23(14-29-26(25)28)21-9-11-22(12-10-21)27(32)31-15-18(2)30-19(3)16-31/h5-14,18-20,30H,15-16H2,1-4H3,(H2,28,29). The molecular formula is C27H32N4O2. The Bertz CT molecular complexity index is 1120. The van der Waals surface area contributed by atoms with E-state index < -0.39 is 0 Å². The minimum Gasteiger partial charge on any atom is -0.482 e. The number of benzene rings is 2. The predicted molar refractivity (Wildman–Crippen MR) is 132 cm³/mol. The van der Waals surface area contributed by atoms with Crippen LogP contribution in [0.25, 0.3) is 11.1 Å². The summed E-state index contributed by atoms with van der Waals surface area (Å²) in [5, 5.41) is 3.46. The van der Waals surface area contributed by atoms with E-state index in [1.165, 1.54) is 5.56 Å². The molecule has 1 aliphatic heterocycles. The number of piperazine rings is 1. The highest BCUT2D eigenvalue weighted by atomic mass is 16.5. The minimum absolute atomic E-state index is 0.0632. The highest BCUT2D eigenvalue weighted by Gasteiger charge is 2.25. The number of nitrogen functional groups attached to an aromatic ring is 1. The van der Waals surface area contributed by atoms with Crippen molar-refractivity contribution in [2.45, 2.75) is 45.9 Å². The molecule has 1 aliphatic rings. The molecule has 3 aromatic rings. The van der Waals surface area contributed by atoms with Crippen molar-refractivity contribution in [1.82, 2.24) is 15.2 Å². The van der Waals surface area contributed by atoms with Gasteiger partial charge in [0.15, 0.2) is 11.6 Å². The molecule has 6 nitrogen and oxygen atoms in total. The Morgan fingerprint density at radius 3 is 2.42 bits per heavy atom. The molecule has 3 atom stereocenters. The van der Waals surface area contributed by atoms with Crippen molar-refractivity contribution in [2.24, 2.45) is 0 Å². The average molecular weight is 445 g/mol. The van der Waals surface area contributed by atoms with Gasteiger partial charge in [-0.25, -0.2) is 4.98 Å². The van der Waals surface area contributed by atoms with Gasteiger partial charge in [0.2, 0.25) is 0 Å². The van der Waals surface area contributed by atoms with Gasteiger partial charge in [-0.1, -0.05) is 36.4 Å². The van der Waals surface area contributed by atoms with E-state index in [0.29, 0.717) is 42.3 Å². The van der Waals surface area contributed by atoms with Crippen LogP contribution < -0.4 is 15.8 Å². The number of rotatable bonds is 5. The van der Waals surface area contributed by atoms with Crippen molar-refractivity contribution in [3.63, 3.8) is 0 Å². The largest absolute Gasteiger partial charge is 0.482 e. The molecule has 6 heteroatoms. The lowest BCUT2D eigenvalue weighted by Crippen LogP contribution is -2.55. The summed E-state index contributed by atoms with van der Waals surface area (Å²) in [6.45, 7) is 9.71. The van der Waals surface area contributed by atoms with E-state index in [9.17, 15) is 4.79 Å². The molecule has 1 fully saturated rings. The third-order valence-corrected chi connectivity index (χ3v) is 6.12. The van der Waals surface area contributed by atoms with Crippen LogP contribution in [0, 0.1) is 6.92 Å². The van der Waals surface area contributed by atoms with E-state index in [4.69, 9.17) is 10.5 Å². The van der Waals surface area contributed by atoms with Crippen molar-refractivity contribution in [3.05, 3.63) is 77.5 Å². The zero-order valence-corrected chi connectivity index (χ0v) is 19.7. The second-order valence-corrected chi connectivity index (χ2v) is 8.98. The molecule has 2 heterocycles. The van der Waals surface area contributed by atoms with E-state index in [0.717, 1.165) is 16.7 Å². The third kappa shape index (κ3) is 5.17. The number of hydrogen-bond donors (Lipinski definition) is 2. The van der Waals surface area contributed by atoms with Crippen LogP contribution in [0.3, 0.4) is 0 Å². The summed E-state index contributed by atoms with van der Waals surface area (Å²) < 4.78 is 6.18. The summed E-state index contributed by atoms with van der Waals surface area (Å²) in [6, 6.07) is 18.3. The van der Waals surface area contributed by atoms with Gasteiger partial charge in [-0.15, -0.1) is 0 Å². The van der Waals surface area contributed by atoms with Gasteiger partial charge in [0.05, 0.1) is 0 Å². The first-order chi connectivity index (χ1) is 15.8. The van der Waals surface area contributed by atoms with Crippen molar-refractivity contribution in [2.75, 3.05) is 18.8 Å². The highest BCUT2D eigenvalue weighted by molar-refractivity contribution is 5.95. The lowest BCUT2D eigenvalue weighted by molar-refractivity contribution is 0.0674. The fourth-order valence-corrected chi connectivity index (χ4v) is 4.48. The van der Waals surface area contributed by atoms with Crippen LogP contribution in [0.1, 0.15) is 48.4 Å². The number of ether oxygens (including phenoxy) is 1. The summed E-state index contributed by atoms with van der Waals surface area (Å²) in [4.78, 5) is 19.2. The topological polar surface area (TPSA) is 80.5 Å². The summed E-state index contributed by atoms with van der Waals surface area (Å²) in [7, 11) is 0. The van der Waals surface area contributed by atoms with Gasteiger partial charge in [-0.2, -0.15) is 0 Å². The number of aromatic nitrogens is 1. The Balaban J connectivity index is 1.51. The van der Waals surface area contributed by atoms with Gasteiger partial charge in [0.1, 0.15) is 6.10 Å². The first kappa shape index (κ1) is 22.8. The summed E-state index contributed by atoms with van der Waals surface area (Å²) in [5.41, 5.74) is 10.9. The van der Waals surface area contributed by atoms with Gasteiger partial charge in [0, 0.05) is 42.5 Å². The maximum absolute atomic E-state index is 13.0. The molecular weight excluding hydrogens is 412 g/mol. The molecule has 0 aliphatic carbocycles. The van der Waals surface area contributed by atoms with E-state index in [2.05, 4.69) is 43.2 Å². The number of pyridine rings is 1. The molecule has 33 heavy (non-hydrogen) atoms. The van der Waals surface area contributed by atoms with E-state index in [1.54, 1.807) is 6.20 Å². The Morgan fingerprint density at radius 2 is 1.76 bits per heavy atom. The molecule has 4 rings (SSSR count). The van der Waals surface area contributed by atoms with Gasteiger partial charge in [0.25, 0.3) is 5.91 Å². The van der Waals surface area contributed by atoms with Crippen LogP contribution in [-0.4, -0.2) is 41.0 Å². The van der Waals surface area contributed by atoms with Gasteiger partial charge in [-0.3, -0.25) is 4.79 Å². The highest BCUT2D eigenvalue weighted by Crippen LogP contribution is 2.31. The molecule has 0 spiro atoms. The zero-order chi connectivity index (χ0) is 23.5.